The first-order valence-corrected chi connectivity index (χ1v) is 9.51. The van der Waals surface area contributed by atoms with Crippen LogP contribution in [0.2, 0.25) is 0 Å². The van der Waals surface area contributed by atoms with Gasteiger partial charge in [-0.3, -0.25) is 0 Å². The molecule has 0 heterocycles. The quantitative estimate of drug-likeness (QED) is 0.295. The number of carboxylic acids is 1. The summed E-state index contributed by atoms with van der Waals surface area (Å²) in [4.78, 5) is 11.2. The van der Waals surface area contributed by atoms with Crippen LogP contribution in [0.3, 0.4) is 0 Å². The van der Waals surface area contributed by atoms with Crippen LogP contribution in [0.5, 0.6) is 5.75 Å². The highest BCUT2D eigenvalue weighted by Crippen LogP contribution is 2.23. The number of benzene rings is 1. The normalized spacial score (nSPS) is 11.1. The topological polar surface area (TPSA) is 57.5 Å². The molecule has 2 N–H and O–H groups in total. The zero-order valence-corrected chi connectivity index (χ0v) is 16.6. The van der Waals surface area contributed by atoms with E-state index in [0.29, 0.717) is 6.42 Å². The fraction of sp³-hybridized carbons (Fsp3) is 0.500. The molecule has 0 unspecified atom stereocenters. The summed E-state index contributed by atoms with van der Waals surface area (Å²) in [5.41, 5.74) is 0.784. The first-order chi connectivity index (χ1) is 12.2. The van der Waals surface area contributed by atoms with Crippen molar-refractivity contribution in [3.63, 3.8) is 0 Å². The molecular weight excluding hydrogens is 348 g/mol. The standard InChI is InChI=1S/C22H32O3.ClH/c1-2-3-4-5-6-7-8-9-10-11-12-13-14-16-19-17-15-18-20(23)21(19)22(24)25;/h4-5,7-8,15,17-18,23H,2-3,6,9-14,16H2,1H3,(H,24,25);1H/b5-4-,8-7-;. The largest absolute Gasteiger partial charge is 0.507 e. The lowest BCUT2D eigenvalue weighted by molar-refractivity contribution is 0.0692. The molecule has 0 aliphatic heterocycles. The Bertz CT molecular complexity index is 565. The van der Waals surface area contributed by atoms with Crippen molar-refractivity contribution in [2.24, 2.45) is 0 Å². The molecule has 146 valence electrons. The van der Waals surface area contributed by atoms with E-state index in [1.165, 1.54) is 38.2 Å². The van der Waals surface area contributed by atoms with Gasteiger partial charge in [-0.2, -0.15) is 0 Å². The molecule has 3 nitrogen and oxygen atoms in total. The lowest BCUT2D eigenvalue weighted by Gasteiger charge is -2.07. The zero-order chi connectivity index (χ0) is 18.3. The van der Waals surface area contributed by atoms with Gasteiger partial charge in [0, 0.05) is 0 Å². The number of hydrogen-bond donors (Lipinski definition) is 2. The van der Waals surface area contributed by atoms with Gasteiger partial charge in [0.25, 0.3) is 0 Å². The molecule has 0 radical (unpaired) electrons. The Morgan fingerprint density at radius 1 is 0.962 bits per heavy atom. The Morgan fingerprint density at radius 2 is 1.62 bits per heavy atom. The summed E-state index contributed by atoms with van der Waals surface area (Å²) in [6.07, 6.45) is 19.9. The van der Waals surface area contributed by atoms with Gasteiger partial charge in [0.2, 0.25) is 0 Å². The number of aryl methyl sites for hydroxylation is 1. The van der Waals surface area contributed by atoms with Crippen molar-refractivity contribution in [3.05, 3.63) is 53.6 Å². The first kappa shape index (κ1) is 24.3. The molecule has 1 aromatic rings. The van der Waals surface area contributed by atoms with Crippen LogP contribution < -0.4 is 0 Å². The second kappa shape index (κ2) is 15.5. The molecule has 1 aromatic carbocycles. The lowest BCUT2D eigenvalue weighted by atomic mass is 9.99. The van der Waals surface area contributed by atoms with Crippen molar-refractivity contribution in [3.8, 4) is 5.75 Å². The first-order valence-electron chi connectivity index (χ1n) is 9.51. The highest BCUT2D eigenvalue weighted by molar-refractivity contribution is 5.92. The van der Waals surface area contributed by atoms with Gasteiger partial charge < -0.3 is 10.2 Å². The highest BCUT2D eigenvalue weighted by atomic mass is 35.5. The van der Waals surface area contributed by atoms with Crippen LogP contribution in [0.25, 0.3) is 0 Å². The van der Waals surface area contributed by atoms with Gasteiger partial charge in [0.05, 0.1) is 0 Å². The molecule has 0 amide bonds. The maximum absolute atomic E-state index is 11.2. The molecule has 0 aliphatic carbocycles. The number of aromatic hydroxyl groups is 1. The third kappa shape index (κ3) is 10.3. The fourth-order valence-corrected chi connectivity index (χ4v) is 2.82. The minimum atomic E-state index is -1.05. The molecule has 0 saturated carbocycles. The van der Waals surface area contributed by atoms with Gasteiger partial charge >= 0.3 is 5.97 Å². The van der Waals surface area contributed by atoms with E-state index in [-0.39, 0.29) is 23.7 Å². The van der Waals surface area contributed by atoms with Crippen LogP contribution in [0.15, 0.2) is 42.5 Å². The van der Waals surface area contributed by atoms with Gasteiger partial charge in [-0.15, -0.1) is 12.4 Å². The lowest BCUT2D eigenvalue weighted by Crippen LogP contribution is -2.03. The number of phenols is 1. The van der Waals surface area contributed by atoms with Crippen LogP contribution in [0, 0.1) is 0 Å². The Hall–Kier alpha value is -1.74. The van der Waals surface area contributed by atoms with Crippen LogP contribution >= 0.6 is 12.4 Å². The summed E-state index contributed by atoms with van der Waals surface area (Å²) in [6.45, 7) is 2.19. The van der Waals surface area contributed by atoms with Gasteiger partial charge in [-0.25, -0.2) is 4.79 Å². The number of unbranched alkanes of at least 4 members (excludes halogenated alkanes) is 6. The fourth-order valence-electron chi connectivity index (χ4n) is 2.82. The molecule has 0 spiro atoms. The van der Waals surface area contributed by atoms with Crippen LogP contribution in [0.4, 0.5) is 0 Å². The maximum atomic E-state index is 11.2. The molecular formula is C22H33ClO3. The predicted octanol–water partition coefficient (Wildman–Crippen LogP) is 6.70. The number of allylic oxidation sites excluding steroid dienone is 4. The van der Waals surface area contributed by atoms with E-state index in [0.717, 1.165) is 31.2 Å². The predicted molar refractivity (Wildman–Crippen MR) is 112 cm³/mol. The molecule has 26 heavy (non-hydrogen) atoms. The van der Waals surface area contributed by atoms with E-state index in [1.807, 2.05) is 0 Å². The van der Waals surface area contributed by atoms with Crippen molar-refractivity contribution in [2.45, 2.75) is 71.1 Å². The van der Waals surface area contributed by atoms with Crippen LogP contribution in [0.1, 0.15) is 80.6 Å². The summed E-state index contributed by atoms with van der Waals surface area (Å²) in [7, 11) is 0. The number of halogens is 1. The summed E-state index contributed by atoms with van der Waals surface area (Å²) in [6, 6.07) is 4.93. The smallest absolute Gasteiger partial charge is 0.339 e. The second-order valence-electron chi connectivity index (χ2n) is 6.39. The van der Waals surface area contributed by atoms with Crippen molar-refractivity contribution in [1.29, 1.82) is 0 Å². The average molecular weight is 381 g/mol. The number of carbonyl (C=O) groups is 1. The Balaban J connectivity index is 0.00000625. The van der Waals surface area contributed by atoms with Crippen molar-refractivity contribution < 1.29 is 15.0 Å². The number of rotatable bonds is 13. The van der Waals surface area contributed by atoms with Gasteiger partial charge in [0.1, 0.15) is 11.3 Å². The Kier molecular flexibility index (Phi) is 14.5. The summed E-state index contributed by atoms with van der Waals surface area (Å²) >= 11 is 0. The van der Waals surface area contributed by atoms with E-state index in [1.54, 1.807) is 12.1 Å². The number of aromatic carboxylic acids is 1. The van der Waals surface area contributed by atoms with Crippen molar-refractivity contribution in [2.75, 3.05) is 0 Å². The summed E-state index contributed by atoms with van der Waals surface area (Å²) in [5.74, 6) is -1.19. The number of carboxylic acid groups (broad SMARTS) is 1. The number of hydrogen-bond acceptors (Lipinski definition) is 2. The highest BCUT2D eigenvalue weighted by Gasteiger charge is 2.14. The second-order valence-corrected chi connectivity index (χ2v) is 6.39. The molecule has 0 atom stereocenters. The van der Waals surface area contributed by atoms with E-state index in [4.69, 9.17) is 0 Å². The van der Waals surface area contributed by atoms with Gasteiger partial charge in [-0.1, -0.05) is 69.0 Å². The monoisotopic (exact) mass is 380 g/mol. The van der Waals surface area contributed by atoms with Gasteiger partial charge in [-0.05, 0) is 50.2 Å². The van der Waals surface area contributed by atoms with Crippen molar-refractivity contribution in [1.82, 2.24) is 0 Å². The van der Waals surface area contributed by atoms with Crippen molar-refractivity contribution >= 4 is 18.4 Å². The third-order valence-corrected chi connectivity index (χ3v) is 4.22. The van der Waals surface area contributed by atoms with Crippen LogP contribution in [-0.2, 0) is 6.42 Å². The molecule has 0 bridgehead atoms. The van der Waals surface area contributed by atoms with E-state index >= 15 is 0 Å². The summed E-state index contributed by atoms with van der Waals surface area (Å²) < 4.78 is 0. The molecule has 0 saturated heterocycles. The Labute approximate surface area is 164 Å². The zero-order valence-electron chi connectivity index (χ0n) is 15.8. The molecule has 0 fully saturated rings. The van der Waals surface area contributed by atoms with E-state index in [2.05, 4.69) is 31.2 Å². The minimum absolute atomic E-state index is 0. The minimum Gasteiger partial charge on any atom is -0.507 e. The molecule has 0 aliphatic rings. The third-order valence-electron chi connectivity index (χ3n) is 4.22. The van der Waals surface area contributed by atoms with Gasteiger partial charge in [0.15, 0.2) is 0 Å². The Morgan fingerprint density at radius 3 is 2.31 bits per heavy atom. The molecule has 1 rings (SSSR count). The summed E-state index contributed by atoms with van der Waals surface area (Å²) in [5, 5.41) is 18.9. The van der Waals surface area contributed by atoms with E-state index in [9.17, 15) is 15.0 Å². The molecule has 0 aromatic heterocycles. The maximum Gasteiger partial charge on any atom is 0.339 e. The van der Waals surface area contributed by atoms with E-state index < -0.39 is 5.97 Å². The average Bonchev–Trinajstić information content (AvgIpc) is 2.58. The van der Waals surface area contributed by atoms with Crippen LogP contribution in [-0.4, -0.2) is 16.2 Å². The molecule has 4 heteroatoms. The SMILES string of the molecule is CCC/C=C\C/C=C\CCCCCCCc1cccc(O)c1C(=O)O.Cl.